The van der Waals surface area contributed by atoms with Crippen LogP contribution in [-0.4, -0.2) is 22.1 Å². The van der Waals surface area contributed by atoms with Gasteiger partial charge in [-0.2, -0.15) is 13.2 Å². The van der Waals surface area contributed by atoms with Crippen molar-refractivity contribution in [2.75, 3.05) is 7.11 Å². The first-order chi connectivity index (χ1) is 11.9. The summed E-state index contributed by atoms with van der Waals surface area (Å²) in [5, 5.41) is 8.09. The van der Waals surface area contributed by atoms with E-state index < -0.39 is 11.7 Å². The van der Waals surface area contributed by atoms with E-state index in [2.05, 4.69) is 10.3 Å². The van der Waals surface area contributed by atoms with Crippen molar-refractivity contribution in [3.05, 3.63) is 64.8 Å². The lowest BCUT2D eigenvalue weighted by atomic mass is 10.1. The molecule has 0 radical (unpaired) electrons. The Labute approximate surface area is 146 Å². The molecule has 1 heterocycles. The first kappa shape index (κ1) is 17.4. The molecule has 130 valence electrons. The molecular weight excluding hydrogens is 355 g/mol. The highest BCUT2D eigenvalue weighted by Crippen LogP contribution is 2.33. The average molecular weight is 368 g/mol. The molecule has 0 spiro atoms. The van der Waals surface area contributed by atoms with Crippen LogP contribution in [0.3, 0.4) is 0 Å². The number of benzene rings is 2. The largest absolute Gasteiger partial charge is 0.416 e. The van der Waals surface area contributed by atoms with Gasteiger partial charge in [0.2, 0.25) is 0 Å². The number of alkyl halides is 3. The smallest absolute Gasteiger partial charge is 0.380 e. The van der Waals surface area contributed by atoms with Gasteiger partial charge in [-0.3, -0.25) is 0 Å². The van der Waals surface area contributed by atoms with E-state index in [1.54, 1.807) is 7.11 Å². The van der Waals surface area contributed by atoms with Crippen molar-refractivity contribution in [2.45, 2.75) is 12.8 Å². The maximum atomic E-state index is 12.9. The Kier molecular flexibility index (Phi) is 4.78. The van der Waals surface area contributed by atoms with E-state index in [-0.39, 0.29) is 10.7 Å². The van der Waals surface area contributed by atoms with Gasteiger partial charge in [0.05, 0.1) is 29.1 Å². The normalized spacial score (nSPS) is 11.7. The number of nitrogens with zero attached hydrogens (tertiary/aromatic N) is 3. The van der Waals surface area contributed by atoms with Crippen molar-refractivity contribution >= 4 is 11.6 Å². The van der Waals surface area contributed by atoms with Crippen molar-refractivity contribution in [3.63, 3.8) is 0 Å². The number of hydrogen-bond donors (Lipinski definition) is 0. The Bertz CT molecular complexity index is 893. The van der Waals surface area contributed by atoms with Crippen LogP contribution >= 0.6 is 11.6 Å². The van der Waals surface area contributed by atoms with E-state index in [4.69, 9.17) is 16.3 Å². The SMILES string of the molecule is COCc1cccc(-c2cn(-c3cc(C(F)(F)F)ccc3Cl)nn2)c1. The van der Waals surface area contributed by atoms with E-state index in [9.17, 15) is 13.2 Å². The predicted octanol–water partition coefficient (Wildman–Crippen LogP) is 4.75. The Morgan fingerprint density at radius 1 is 1.16 bits per heavy atom. The number of ether oxygens (including phenoxy) is 1. The number of aromatic nitrogens is 3. The molecule has 1 aromatic heterocycles. The average Bonchev–Trinajstić information content (AvgIpc) is 3.04. The molecule has 0 bridgehead atoms. The number of hydrogen-bond acceptors (Lipinski definition) is 3. The fraction of sp³-hybridized carbons (Fsp3) is 0.176. The summed E-state index contributed by atoms with van der Waals surface area (Å²) >= 11 is 6.03. The van der Waals surface area contributed by atoms with Gasteiger partial charge in [0.25, 0.3) is 0 Å². The van der Waals surface area contributed by atoms with Gasteiger partial charge in [0.15, 0.2) is 0 Å². The molecule has 3 aromatic rings. The zero-order valence-corrected chi connectivity index (χ0v) is 13.8. The number of rotatable bonds is 4. The van der Waals surface area contributed by atoms with Gasteiger partial charge in [0, 0.05) is 12.7 Å². The van der Waals surface area contributed by atoms with Crippen LogP contribution in [0.5, 0.6) is 0 Å². The molecule has 0 amide bonds. The highest BCUT2D eigenvalue weighted by Gasteiger charge is 2.31. The lowest BCUT2D eigenvalue weighted by Gasteiger charge is -2.09. The van der Waals surface area contributed by atoms with E-state index in [1.165, 1.54) is 16.9 Å². The second kappa shape index (κ2) is 6.85. The summed E-state index contributed by atoms with van der Waals surface area (Å²) in [6, 6.07) is 10.5. The van der Waals surface area contributed by atoms with Crippen LogP contribution in [-0.2, 0) is 17.5 Å². The van der Waals surface area contributed by atoms with Crippen LogP contribution in [0.2, 0.25) is 5.02 Å². The van der Waals surface area contributed by atoms with Crippen LogP contribution < -0.4 is 0 Å². The molecule has 0 aliphatic rings. The van der Waals surface area contributed by atoms with E-state index in [0.717, 1.165) is 23.3 Å². The van der Waals surface area contributed by atoms with Crippen molar-refractivity contribution in [1.29, 1.82) is 0 Å². The zero-order chi connectivity index (χ0) is 18.0. The fourth-order valence-corrected chi connectivity index (χ4v) is 2.57. The molecule has 0 aliphatic heterocycles. The van der Waals surface area contributed by atoms with Crippen LogP contribution in [0.4, 0.5) is 13.2 Å². The Balaban J connectivity index is 1.98. The van der Waals surface area contributed by atoms with Crippen LogP contribution in [0.15, 0.2) is 48.7 Å². The molecule has 0 fully saturated rings. The van der Waals surface area contributed by atoms with Crippen molar-refractivity contribution in [2.24, 2.45) is 0 Å². The van der Waals surface area contributed by atoms with Gasteiger partial charge in [-0.1, -0.05) is 35.0 Å². The molecule has 0 unspecified atom stereocenters. The lowest BCUT2D eigenvalue weighted by molar-refractivity contribution is -0.137. The zero-order valence-electron chi connectivity index (χ0n) is 13.1. The number of halogens is 4. The van der Waals surface area contributed by atoms with Gasteiger partial charge in [-0.25, -0.2) is 4.68 Å². The maximum Gasteiger partial charge on any atom is 0.416 e. The predicted molar refractivity (Wildman–Crippen MR) is 87.5 cm³/mol. The molecule has 0 atom stereocenters. The Morgan fingerprint density at radius 3 is 2.68 bits per heavy atom. The van der Waals surface area contributed by atoms with E-state index in [0.29, 0.717) is 12.3 Å². The quantitative estimate of drug-likeness (QED) is 0.668. The molecule has 8 heteroatoms. The summed E-state index contributed by atoms with van der Waals surface area (Å²) < 4.78 is 45.0. The molecule has 0 aliphatic carbocycles. The monoisotopic (exact) mass is 367 g/mol. The molecule has 2 aromatic carbocycles. The van der Waals surface area contributed by atoms with Gasteiger partial charge >= 0.3 is 6.18 Å². The molecular formula is C17H13ClF3N3O. The van der Waals surface area contributed by atoms with Crippen LogP contribution in [0.25, 0.3) is 16.9 Å². The third kappa shape index (κ3) is 3.83. The van der Waals surface area contributed by atoms with E-state index in [1.807, 2.05) is 24.3 Å². The topological polar surface area (TPSA) is 39.9 Å². The highest BCUT2D eigenvalue weighted by atomic mass is 35.5. The van der Waals surface area contributed by atoms with Crippen LogP contribution in [0.1, 0.15) is 11.1 Å². The maximum absolute atomic E-state index is 12.9. The van der Waals surface area contributed by atoms with Gasteiger partial charge in [-0.15, -0.1) is 5.10 Å². The van der Waals surface area contributed by atoms with Crippen molar-refractivity contribution in [3.8, 4) is 16.9 Å². The minimum Gasteiger partial charge on any atom is -0.380 e. The lowest BCUT2D eigenvalue weighted by Crippen LogP contribution is -2.06. The summed E-state index contributed by atoms with van der Waals surface area (Å²) in [6.07, 6.45) is -2.93. The van der Waals surface area contributed by atoms with Crippen LogP contribution in [0, 0.1) is 0 Å². The number of methoxy groups -OCH3 is 1. The minimum absolute atomic E-state index is 0.114. The first-order valence-electron chi connectivity index (χ1n) is 7.26. The van der Waals surface area contributed by atoms with Gasteiger partial charge in [0.1, 0.15) is 5.69 Å². The summed E-state index contributed by atoms with van der Waals surface area (Å²) in [5.41, 5.74) is 1.57. The summed E-state index contributed by atoms with van der Waals surface area (Å²) in [6.45, 7) is 0.446. The third-order valence-corrected chi connectivity index (χ3v) is 3.87. The first-order valence-corrected chi connectivity index (χ1v) is 7.64. The molecule has 0 saturated heterocycles. The summed E-state index contributed by atoms with van der Waals surface area (Å²) in [7, 11) is 1.60. The molecule has 0 saturated carbocycles. The third-order valence-electron chi connectivity index (χ3n) is 3.55. The summed E-state index contributed by atoms with van der Waals surface area (Å²) in [5.74, 6) is 0. The highest BCUT2D eigenvalue weighted by molar-refractivity contribution is 6.32. The molecule has 0 N–H and O–H groups in total. The molecule has 4 nitrogen and oxygen atoms in total. The second-order valence-electron chi connectivity index (χ2n) is 5.35. The standard InChI is InChI=1S/C17H13ClF3N3O/c1-25-10-11-3-2-4-12(7-11)15-9-24(23-22-15)16-8-13(17(19,20)21)5-6-14(16)18/h2-9H,10H2,1H3. The summed E-state index contributed by atoms with van der Waals surface area (Å²) in [4.78, 5) is 0. The Hall–Kier alpha value is -2.38. The minimum atomic E-state index is -4.46. The van der Waals surface area contributed by atoms with Crippen molar-refractivity contribution in [1.82, 2.24) is 15.0 Å². The van der Waals surface area contributed by atoms with Gasteiger partial charge < -0.3 is 4.74 Å². The van der Waals surface area contributed by atoms with E-state index >= 15 is 0 Å². The second-order valence-corrected chi connectivity index (χ2v) is 5.75. The Morgan fingerprint density at radius 2 is 1.96 bits per heavy atom. The fourth-order valence-electron chi connectivity index (χ4n) is 2.37. The molecule has 25 heavy (non-hydrogen) atoms. The van der Waals surface area contributed by atoms with Crippen molar-refractivity contribution < 1.29 is 17.9 Å². The van der Waals surface area contributed by atoms with Gasteiger partial charge in [-0.05, 0) is 29.8 Å². The molecule has 3 rings (SSSR count).